The molecule has 3 atom stereocenters. The standard InChI is InChI=1S/C27H41NO.BrH/c1-23(29)17-11-7-5-4-6-8-16-22-28(24(2)26-18-12-9-13-19-26)25(3)27-20-14-10-15-21-27;/h9-10,12-15,18-21,23-25,29H,4-8,11,16-17,22H2,1-3H3;1H/t23?,24-,25-;/m1./s1. The van der Waals surface area contributed by atoms with Gasteiger partial charge in [0.2, 0.25) is 0 Å². The van der Waals surface area contributed by atoms with Crippen molar-refractivity contribution < 1.29 is 27.0 Å². The molecule has 168 valence electrons. The van der Waals surface area contributed by atoms with E-state index in [2.05, 4.69) is 74.5 Å². The van der Waals surface area contributed by atoms with Crippen molar-refractivity contribution in [1.82, 2.24) is 0 Å². The van der Waals surface area contributed by atoms with Crippen LogP contribution in [0.1, 0.15) is 95.3 Å². The molecule has 0 fully saturated rings. The van der Waals surface area contributed by atoms with Crippen LogP contribution in [0.4, 0.5) is 0 Å². The summed E-state index contributed by atoms with van der Waals surface area (Å²) in [5.41, 5.74) is 2.87. The van der Waals surface area contributed by atoms with Crippen molar-refractivity contribution in [3.05, 3.63) is 71.8 Å². The van der Waals surface area contributed by atoms with Crippen molar-refractivity contribution in [3.63, 3.8) is 0 Å². The summed E-state index contributed by atoms with van der Waals surface area (Å²) in [5.74, 6) is 0. The third-order valence-corrected chi connectivity index (χ3v) is 6.30. The summed E-state index contributed by atoms with van der Waals surface area (Å²) in [7, 11) is 0. The Labute approximate surface area is 195 Å². The molecule has 3 heteroatoms. The predicted molar refractivity (Wildman–Crippen MR) is 124 cm³/mol. The zero-order chi connectivity index (χ0) is 20.9. The third-order valence-electron chi connectivity index (χ3n) is 6.30. The molecule has 0 aromatic heterocycles. The van der Waals surface area contributed by atoms with Crippen LogP contribution in [0.5, 0.6) is 0 Å². The Bertz CT molecular complexity index is 601. The highest BCUT2D eigenvalue weighted by Crippen LogP contribution is 2.15. The maximum atomic E-state index is 9.33. The van der Waals surface area contributed by atoms with Crippen LogP contribution in [0, 0.1) is 0 Å². The second-order valence-corrected chi connectivity index (χ2v) is 8.70. The van der Waals surface area contributed by atoms with E-state index < -0.39 is 0 Å². The highest BCUT2D eigenvalue weighted by atomic mass is 79.9. The van der Waals surface area contributed by atoms with Crippen molar-refractivity contribution in [2.45, 2.75) is 90.3 Å². The fraction of sp³-hybridized carbons (Fsp3) is 0.556. The van der Waals surface area contributed by atoms with Crippen LogP contribution in [0.3, 0.4) is 0 Å². The van der Waals surface area contributed by atoms with Crippen LogP contribution >= 0.6 is 0 Å². The summed E-state index contributed by atoms with van der Waals surface area (Å²) < 4.78 is 0. The van der Waals surface area contributed by atoms with Gasteiger partial charge >= 0.3 is 0 Å². The van der Waals surface area contributed by atoms with E-state index in [0.717, 1.165) is 6.42 Å². The summed E-state index contributed by atoms with van der Waals surface area (Å²) in [6.07, 6.45) is 9.83. The summed E-state index contributed by atoms with van der Waals surface area (Å²) in [6, 6.07) is 22.9. The third kappa shape index (κ3) is 9.76. The van der Waals surface area contributed by atoms with E-state index in [1.165, 1.54) is 62.6 Å². The molecule has 2 N–H and O–H groups in total. The fourth-order valence-electron chi connectivity index (χ4n) is 4.37. The molecule has 0 saturated heterocycles. The molecular weight excluding hydrogens is 434 g/mol. The normalized spacial score (nSPS) is 14.2. The lowest BCUT2D eigenvalue weighted by Crippen LogP contribution is -3.12. The van der Waals surface area contributed by atoms with E-state index in [0.29, 0.717) is 12.1 Å². The molecule has 0 saturated carbocycles. The smallest absolute Gasteiger partial charge is 0.111 e. The van der Waals surface area contributed by atoms with Crippen LogP contribution in [0.15, 0.2) is 60.7 Å². The second-order valence-electron chi connectivity index (χ2n) is 8.70. The number of hydrogen-bond acceptors (Lipinski definition) is 1. The largest absolute Gasteiger partial charge is 1.00 e. The molecular formula is C27H42BrNO. The van der Waals surface area contributed by atoms with Gasteiger partial charge < -0.3 is 27.0 Å². The Hall–Kier alpha value is -1.16. The van der Waals surface area contributed by atoms with Crippen LogP contribution in [0.2, 0.25) is 0 Å². The van der Waals surface area contributed by atoms with Crippen LogP contribution in [-0.2, 0) is 0 Å². The molecule has 2 nitrogen and oxygen atoms in total. The van der Waals surface area contributed by atoms with E-state index in [1.54, 1.807) is 4.90 Å². The van der Waals surface area contributed by atoms with Crippen molar-refractivity contribution in [2.24, 2.45) is 0 Å². The Balaban J connectivity index is 0.00000450. The first-order chi connectivity index (χ1) is 14.1. The fourth-order valence-corrected chi connectivity index (χ4v) is 4.37. The number of hydrogen-bond donors (Lipinski definition) is 2. The van der Waals surface area contributed by atoms with Crippen molar-refractivity contribution >= 4 is 0 Å². The van der Waals surface area contributed by atoms with E-state index in [4.69, 9.17) is 0 Å². The maximum Gasteiger partial charge on any atom is 0.111 e. The summed E-state index contributed by atoms with van der Waals surface area (Å²) in [5, 5.41) is 9.33. The Kier molecular flexibility index (Phi) is 14.0. The van der Waals surface area contributed by atoms with Gasteiger partial charge in [0.15, 0.2) is 0 Å². The highest BCUT2D eigenvalue weighted by Gasteiger charge is 2.25. The lowest BCUT2D eigenvalue weighted by atomic mass is 10.00. The Morgan fingerprint density at radius 2 is 1.03 bits per heavy atom. The summed E-state index contributed by atoms with van der Waals surface area (Å²) in [6.45, 7) is 7.87. The number of unbranched alkanes of at least 4 members (excludes halogenated alkanes) is 6. The lowest BCUT2D eigenvalue weighted by molar-refractivity contribution is -0.958. The molecule has 0 bridgehead atoms. The van der Waals surface area contributed by atoms with Gasteiger partial charge in [0, 0.05) is 11.1 Å². The van der Waals surface area contributed by atoms with Gasteiger partial charge in [-0.25, -0.2) is 0 Å². The van der Waals surface area contributed by atoms with Crippen LogP contribution in [-0.4, -0.2) is 17.8 Å². The number of nitrogens with one attached hydrogen (secondary N) is 1. The van der Waals surface area contributed by atoms with Crippen molar-refractivity contribution in [3.8, 4) is 0 Å². The van der Waals surface area contributed by atoms with Crippen LogP contribution in [0.25, 0.3) is 0 Å². The topological polar surface area (TPSA) is 24.7 Å². The average molecular weight is 477 g/mol. The maximum absolute atomic E-state index is 9.33. The summed E-state index contributed by atoms with van der Waals surface area (Å²) in [4.78, 5) is 1.67. The van der Waals surface area contributed by atoms with E-state index in [1.807, 2.05) is 6.92 Å². The number of aliphatic hydroxyl groups excluding tert-OH is 1. The number of rotatable bonds is 14. The molecule has 1 unspecified atom stereocenters. The van der Waals surface area contributed by atoms with Crippen molar-refractivity contribution in [2.75, 3.05) is 6.54 Å². The molecule has 30 heavy (non-hydrogen) atoms. The van der Waals surface area contributed by atoms with Crippen molar-refractivity contribution in [1.29, 1.82) is 0 Å². The van der Waals surface area contributed by atoms with Crippen LogP contribution < -0.4 is 21.9 Å². The molecule has 0 aliphatic carbocycles. The molecule has 2 aromatic rings. The van der Waals surface area contributed by atoms with E-state index in [9.17, 15) is 5.11 Å². The molecule has 0 aliphatic heterocycles. The minimum atomic E-state index is -0.137. The number of quaternary nitrogens is 1. The molecule has 0 amide bonds. The van der Waals surface area contributed by atoms with Gasteiger partial charge in [-0.15, -0.1) is 0 Å². The molecule has 2 rings (SSSR count). The predicted octanol–water partition coefficient (Wildman–Crippen LogP) is 2.90. The Morgan fingerprint density at radius 3 is 1.47 bits per heavy atom. The average Bonchev–Trinajstić information content (AvgIpc) is 2.75. The molecule has 0 spiro atoms. The number of halogens is 1. The van der Waals surface area contributed by atoms with Gasteiger partial charge in [-0.3, -0.25) is 0 Å². The molecule has 0 aliphatic rings. The van der Waals surface area contributed by atoms with Gasteiger partial charge in [-0.05, 0) is 40.0 Å². The molecule has 0 radical (unpaired) electrons. The molecule has 0 heterocycles. The first kappa shape index (κ1) is 26.9. The highest BCUT2D eigenvalue weighted by molar-refractivity contribution is 5.18. The number of aliphatic hydroxyl groups is 1. The van der Waals surface area contributed by atoms with E-state index in [-0.39, 0.29) is 23.1 Å². The number of benzene rings is 2. The van der Waals surface area contributed by atoms with Gasteiger partial charge in [-0.2, -0.15) is 0 Å². The van der Waals surface area contributed by atoms with Gasteiger partial charge in [-0.1, -0.05) is 92.8 Å². The van der Waals surface area contributed by atoms with Gasteiger partial charge in [0.05, 0.1) is 12.6 Å². The van der Waals surface area contributed by atoms with Gasteiger partial charge in [0.25, 0.3) is 0 Å². The SMILES string of the molecule is CC(O)CCCCCCCCC[NH+]([C@H](C)c1ccccc1)[C@H](C)c1ccccc1.[Br-]. The monoisotopic (exact) mass is 475 g/mol. The zero-order valence-electron chi connectivity index (χ0n) is 19.2. The quantitative estimate of drug-likeness (QED) is 0.403. The molecule has 2 aromatic carbocycles. The zero-order valence-corrected chi connectivity index (χ0v) is 20.8. The minimum Gasteiger partial charge on any atom is -1.00 e. The minimum absolute atomic E-state index is 0. The first-order valence-corrected chi connectivity index (χ1v) is 11.7. The van der Waals surface area contributed by atoms with E-state index >= 15 is 0 Å². The first-order valence-electron chi connectivity index (χ1n) is 11.7. The second kappa shape index (κ2) is 15.6. The summed E-state index contributed by atoms with van der Waals surface area (Å²) >= 11 is 0. The van der Waals surface area contributed by atoms with Gasteiger partial charge in [0.1, 0.15) is 12.1 Å². The Morgan fingerprint density at radius 1 is 0.633 bits per heavy atom. The lowest BCUT2D eigenvalue weighted by Gasteiger charge is -2.32.